The van der Waals surface area contributed by atoms with Crippen LogP contribution in [0.4, 0.5) is 0 Å². The third-order valence-electron chi connectivity index (χ3n) is 1.37. The van der Waals surface area contributed by atoms with Gasteiger partial charge < -0.3 is 10.1 Å². The molecule has 11 heavy (non-hydrogen) atoms. The van der Waals surface area contributed by atoms with E-state index in [1.165, 1.54) is 0 Å². The summed E-state index contributed by atoms with van der Waals surface area (Å²) in [5, 5.41) is 0. The summed E-state index contributed by atoms with van der Waals surface area (Å²) >= 11 is 0. The van der Waals surface area contributed by atoms with Gasteiger partial charge in [-0.2, -0.15) is 4.79 Å². The largest absolute Gasteiger partial charge is 0.361 e. The molecule has 0 saturated heterocycles. The number of Topliss-reactive ketones (excluding diaryl/α,β-unsaturated/α-hetero) is 1. The van der Waals surface area contributed by atoms with Crippen LogP contribution in [0.5, 0.6) is 0 Å². The molecule has 1 aromatic rings. The molecule has 0 spiro atoms. The fraction of sp³-hybridized carbons (Fsp3) is 0.143. The Labute approximate surface area is 63.7 Å². The molecule has 0 aliphatic carbocycles. The SMILES string of the molecule is Cn1cccc1C(=O)C=[N+]=[N-]. The number of carbonyl (C=O) groups is 1. The normalized spacial score (nSPS) is 8.82. The fourth-order valence-corrected chi connectivity index (χ4v) is 0.836. The second kappa shape index (κ2) is 2.94. The quantitative estimate of drug-likeness (QED) is 0.261. The molecule has 0 aromatic carbocycles. The predicted octanol–water partition coefficient (Wildman–Crippen LogP) is 0.508. The van der Waals surface area contributed by atoms with Crippen LogP contribution in [0.3, 0.4) is 0 Å². The van der Waals surface area contributed by atoms with Gasteiger partial charge in [-0.05, 0) is 12.1 Å². The number of nitrogens with zero attached hydrogens (tertiary/aromatic N) is 3. The molecule has 0 saturated carbocycles. The summed E-state index contributed by atoms with van der Waals surface area (Å²) in [7, 11) is 1.75. The average molecular weight is 149 g/mol. The number of carbonyl (C=O) groups excluding carboxylic acids is 1. The summed E-state index contributed by atoms with van der Waals surface area (Å²) < 4.78 is 1.66. The van der Waals surface area contributed by atoms with Crippen LogP contribution in [0, 0.1) is 0 Å². The van der Waals surface area contributed by atoms with Gasteiger partial charge in [-0.3, -0.25) is 4.79 Å². The van der Waals surface area contributed by atoms with Crippen molar-refractivity contribution >= 4 is 12.0 Å². The third-order valence-corrected chi connectivity index (χ3v) is 1.37. The summed E-state index contributed by atoms with van der Waals surface area (Å²) in [6.07, 6.45) is 2.62. The third kappa shape index (κ3) is 1.42. The highest BCUT2D eigenvalue weighted by atomic mass is 16.1. The van der Waals surface area contributed by atoms with Gasteiger partial charge >= 0.3 is 6.21 Å². The zero-order valence-corrected chi connectivity index (χ0v) is 6.06. The van der Waals surface area contributed by atoms with Gasteiger partial charge in [0.1, 0.15) is 0 Å². The molecule has 0 aliphatic heterocycles. The molecule has 1 rings (SSSR count). The summed E-state index contributed by atoms with van der Waals surface area (Å²) in [6.45, 7) is 0. The Morgan fingerprint density at radius 2 is 2.55 bits per heavy atom. The Balaban J connectivity index is 3.02. The van der Waals surface area contributed by atoms with E-state index in [2.05, 4.69) is 4.79 Å². The van der Waals surface area contributed by atoms with Gasteiger partial charge in [-0.25, -0.2) is 0 Å². The monoisotopic (exact) mass is 149 g/mol. The molecule has 4 nitrogen and oxygen atoms in total. The minimum atomic E-state index is -0.306. The first-order chi connectivity index (χ1) is 5.25. The van der Waals surface area contributed by atoms with Crippen LogP contribution in [-0.2, 0) is 7.05 Å². The first-order valence-electron chi connectivity index (χ1n) is 3.09. The van der Waals surface area contributed by atoms with Crippen molar-refractivity contribution in [2.45, 2.75) is 0 Å². The minimum absolute atomic E-state index is 0.306. The number of aromatic nitrogens is 1. The Hall–Kier alpha value is -1.67. The van der Waals surface area contributed by atoms with Crippen molar-refractivity contribution in [2.24, 2.45) is 7.05 Å². The van der Waals surface area contributed by atoms with Crippen molar-refractivity contribution in [3.8, 4) is 0 Å². The molecule has 0 radical (unpaired) electrons. The number of aryl methyl sites for hydroxylation is 1. The maximum atomic E-state index is 11.0. The molecule has 0 atom stereocenters. The van der Waals surface area contributed by atoms with Crippen molar-refractivity contribution in [3.63, 3.8) is 0 Å². The van der Waals surface area contributed by atoms with Gasteiger partial charge in [0.05, 0.1) is 5.69 Å². The van der Waals surface area contributed by atoms with Gasteiger partial charge in [-0.1, -0.05) is 0 Å². The maximum Gasteiger partial charge on any atom is 0.329 e. The lowest BCUT2D eigenvalue weighted by molar-refractivity contribution is 0.00226. The Morgan fingerprint density at radius 3 is 3.00 bits per heavy atom. The van der Waals surface area contributed by atoms with Crippen LogP contribution in [-0.4, -0.2) is 21.4 Å². The molecule has 1 heterocycles. The van der Waals surface area contributed by atoms with E-state index in [0.717, 1.165) is 6.21 Å². The summed E-state index contributed by atoms with van der Waals surface area (Å²) in [4.78, 5) is 13.6. The van der Waals surface area contributed by atoms with E-state index in [4.69, 9.17) is 5.53 Å². The number of hydrogen-bond donors (Lipinski definition) is 0. The second-order valence-corrected chi connectivity index (χ2v) is 2.11. The van der Waals surface area contributed by atoms with E-state index in [1.807, 2.05) is 0 Å². The molecule has 0 bridgehead atoms. The molecule has 0 N–H and O–H groups in total. The van der Waals surface area contributed by atoms with Crippen molar-refractivity contribution in [1.82, 2.24) is 4.57 Å². The highest BCUT2D eigenvalue weighted by molar-refractivity contribution is 6.32. The van der Waals surface area contributed by atoms with Crippen LogP contribution in [0.15, 0.2) is 18.3 Å². The van der Waals surface area contributed by atoms with Crippen LogP contribution < -0.4 is 0 Å². The predicted molar refractivity (Wildman–Crippen MR) is 39.4 cm³/mol. The van der Waals surface area contributed by atoms with Crippen molar-refractivity contribution in [3.05, 3.63) is 29.6 Å². The van der Waals surface area contributed by atoms with Gasteiger partial charge in [0.2, 0.25) is 0 Å². The van der Waals surface area contributed by atoms with Crippen LogP contribution >= 0.6 is 0 Å². The zero-order valence-electron chi connectivity index (χ0n) is 6.06. The molecule has 4 heteroatoms. The highest BCUT2D eigenvalue weighted by Crippen LogP contribution is 1.98. The van der Waals surface area contributed by atoms with Crippen LogP contribution in [0.25, 0.3) is 5.53 Å². The van der Waals surface area contributed by atoms with E-state index < -0.39 is 0 Å². The lowest BCUT2D eigenvalue weighted by Crippen LogP contribution is -2.06. The topological polar surface area (TPSA) is 58.4 Å². The molecule has 1 aromatic heterocycles. The smallest absolute Gasteiger partial charge is 0.329 e. The van der Waals surface area contributed by atoms with E-state index in [0.29, 0.717) is 5.69 Å². The van der Waals surface area contributed by atoms with Gasteiger partial charge in [-0.15, -0.1) is 0 Å². The Morgan fingerprint density at radius 1 is 1.82 bits per heavy atom. The Kier molecular flexibility index (Phi) is 1.99. The van der Waals surface area contributed by atoms with Crippen molar-refractivity contribution in [1.29, 1.82) is 0 Å². The molecule has 0 fully saturated rings. The molecule has 56 valence electrons. The summed E-state index contributed by atoms with van der Waals surface area (Å²) in [5.74, 6) is -0.306. The maximum absolute atomic E-state index is 11.0. The van der Waals surface area contributed by atoms with Crippen molar-refractivity contribution < 1.29 is 9.58 Å². The molecular weight excluding hydrogens is 142 g/mol. The van der Waals surface area contributed by atoms with Crippen LogP contribution in [0.2, 0.25) is 0 Å². The standard InChI is InChI=1S/C7H7N3O/c1-10-4-2-3-6(10)7(11)5-9-8/h2-5H,1H3. The average Bonchev–Trinajstić information content (AvgIpc) is 2.36. The molecule has 0 unspecified atom stereocenters. The zero-order chi connectivity index (χ0) is 8.27. The van der Waals surface area contributed by atoms with Gasteiger partial charge in [0.25, 0.3) is 5.78 Å². The lowest BCUT2D eigenvalue weighted by Gasteiger charge is -1.92. The highest BCUT2D eigenvalue weighted by Gasteiger charge is 2.08. The first-order valence-corrected chi connectivity index (χ1v) is 3.09. The number of ketones is 1. The van der Waals surface area contributed by atoms with E-state index in [-0.39, 0.29) is 5.78 Å². The lowest BCUT2D eigenvalue weighted by atomic mass is 10.3. The minimum Gasteiger partial charge on any atom is -0.361 e. The van der Waals surface area contributed by atoms with Gasteiger partial charge in [0.15, 0.2) is 0 Å². The Bertz CT molecular complexity index is 320. The summed E-state index contributed by atoms with van der Waals surface area (Å²) in [6, 6.07) is 3.41. The number of rotatable bonds is 2. The molecule has 0 amide bonds. The number of hydrogen-bond acceptors (Lipinski definition) is 1. The van der Waals surface area contributed by atoms with E-state index in [9.17, 15) is 4.79 Å². The molecule has 0 aliphatic rings. The van der Waals surface area contributed by atoms with Crippen molar-refractivity contribution in [2.75, 3.05) is 0 Å². The summed E-state index contributed by atoms with van der Waals surface area (Å²) in [5.41, 5.74) is 8.57. The molecular formula is C7H7N3O. The fourth-order valence-electron chi connectivity index (χ4n) is 0.836. The van der Waals surface area contributed by atoms with E-state index in [1.54, 1.807) is 29.9 Å². The van der Waals surface area contributed by atoms with Crippen LogP contribution in [0.1, 0.15) is 10.5 Å². The van der Waals surface area contributed by atoms with E-state index >= 15 is 0 Å². The second-order valence-electron chi connectivity index (χ2n) is 2.11. The first kappa shape index (κ1) is 7.44. The van der Waals surface area contributed by atoms with Gasteiger partial charge in [0, 0.05) is 13.2 Å².